The van der Waals surface area contributed by atoms with Gasteiger partial charge in [-0.15, -0.1) is 0 Å². The number of nitrogens with one attached hydrogen (secondary N) is 3. The summed E-state index contributed by atoms with van der Waals surface area (Å²) in [4.78, 5) is 46.0. The lowest BCUT2D eigenvalue weighted by Gasteiger charge is -2.40. The molecule has 284 valence electrons. The van der Waals surface area contributed by atoms with Gasteiger partial charge in [0.05, 0.1) is 16.1 Å². The predicted octanol–water partition coefficient (Wildman–Crippen LogP) is 7.84. The number of unbranched alkanes of at least 4 members (excludes halogenated alkanes) is 1. The molecular formula is C40H51F4N3O4S. The number of benzene rings is 2. The fourth-order valence-corrected chi connectivity index (χ4v) is 7.69. The number of alkyl halides is 3. The van der Waals surface area contributed by atoms with Gasteiger partial charge in [0.15, 0.2) is 5.78 Å². The number of ketones is 2. The summed E-state index contributed by atoms with van der Waals surface area (Å²) >= 11 is 5.79. The number of hydrogen-bond donors (Lipinski definition) is 4. The van der Waals surface area contributed by atoms with Gasteiger partial charge < -0.3 is 20.7 Å². The number of hydrogen-bond acceptors (Lipinski definition) is 5. The highest BCUT2D eigenvalue weighted by Crippen LogP contribution is 2.41. The van der Waals surface area contributed by atoms with E-state index >= 15 is 0 Å². The van der Waals surface area contributed by atoms with Crippen LogP contribution in [0.15, 0.2) is 42.5 Å². The first kappa shape index (κ1) is 41.1. The van der Waals surface area contributed by atoms with Crippen LogP contribution in [0.1, 0.15) is 95.0 Å². The number of aryl methyl sites for hydroxylation is 1. The first-order valence-electron chi connectivity index (χ1n) is 18.3. The molecular weight excluding hydrogens is 695 g/mol. The molecule has 0 radical (unpaired) electrons. The van der Waals surface area contributed by atoms with E-state index in [4.69, 9.17) is 12.2 Å². The third-order valence-electron chi connectivity index (χ3n) is 10.9. The fraction of sp³-hybridized carbons (Fsp3) is 0.550. The fourth-order valence-electron chi connectivity index (χ4n) is 7.27. The molecule has 12 heteroatoms. The van der Waals surface area contributed by atoms with Crippen LogP contribution in [0.3, 0.4) is 0 Å². The molecule has 2 unspecified atom stereocenters. The number of thiocarbonyl (C=S) groups is 1. The zero-order valence-corrected chi connectivity index (χ0v) is 31.2. The van der Waals surface area contributed by atoms with Crippen molar-refractivity contribution in [3.8, 4) is 0 Å². The second-order valence-corrected chi connectivity index (χ2v) is 14.8. The van der Waals surface area contributed by atoms with Crippen molar-refractivity contribution >= 4 is 45.6 Å². The van der Waals surface area contributed by atoms with Crippen molar-refractivity contribution in [2.75, 3.05) is 13.2 Å². The van der Waals surface area contributed by atoms with E-state index < -0.39 is 34.9 Å². The molecule has 2 aromatic carbocycles. The Morgan fingerprint density at radius 1 is 0.981 bits per heavy atom. The number of rotatable bonds is 18. The van der Waals surface area contributed by atoms with E-state index in [1.165, 1.54) is 24.3 Å². The Hall–Kier alpha value is -3.64. The number of para-hydroxylation sites is 1. The molecule has 0 spiro atoms. The average molecular weight is 746 g/mol. The predicted molar refractivity (Wildman–Crippen MR) is 198 cm³/mol. The smallest absolute Gasteiger partial charge is 0.396 e. The van der Waals surface area contributed by atoms with Gasteiger partial charge in [-0.05, 0) is 60.8 Å². The molecule has 1 amide bonds. The largest absolute Gasteiger partial charge is 0.418 e. The summed E-state index contributed by atoms with van der Waals surface area (Å²) in [5.41, 5.74) is -0.983. The van der Waals surface area contributed by atoms with Crippen LogP contribution in [0.4, 0.5) is 17.6 Å². The highest BCUT2D eigenvalue weighted by atomic mass is 32.1. The van der Waals surface area contributed by atoms with E-state index in [2.05, 4.69) is 15.6 Å². The second-order valence-electron chi connectivity index (χ2n) is 14.4. The molecule has 52 heavy (non-hydrogen) atoms. The van der Waals surface area contributed by atoms with Crippen LogP contribution in [0, 0.1) is 29.5 Å². The van der Waals surface area contributed by atoms with Crippen LogP contribution in [0.2, 0.25) is 0 Å². The molecule has 0 bridgehead atoms. The lowest BCUT2D eigenvalue weighted by Crippen LogP contribution is -2.60. The van der Waals surface area contributed by atoms with Gasteiger partial charge in [0.1, 0.15) is 17.1 Å². The number of aromatic nitrogens is 1. The zero-order valence-electron chi connectivity index (χ0n) is 30.4. The molecule has 3 aromatic rings. The maximum absolute atomic E-state index is 14.8. The van der Waals surface area contributed by atoms with E-state index in [9.17, 15) is 37.1 Å². The standard InChI is InChI=1S/C40H51F4N3O4S/c1-5-24(3)29(21-27(49)20-26-12-7-8-15-33(26)41)37(51)47-39(35(50)22-30(25(4)6-2)38(52)45-18-9-10-19-48)17-16-34-31(23-39)28-13-11-14-32(36(28)46-34)40(42,43)44/h7-8,11-15,24-25,29-30,46,48H,5-6,9-10,16-23H2,1-4H3,(H,45,52)(H,47,51)/t24?,25?,29-,30-,39+/m0/s1. The monoisotopic (exact) mass is 745 g/mol. The third kappa shape index (κ3) is 9.66. The SMILES string of the molecule is CCC(C)[C@H](CC(=O)Cc1ccccc1F)C(=O)N[C@]1(C(=O)C[C@H](C(=S)NCCCCO)C(C)CC)CCc2[nH]c3c(C(F)(F)F)cccc3c2C1. The summed E-state index contributed by atoms with van der Waals surface area (Å²) < 4.78 is 56.5. The molecule has 1 aliphatic rings. The number of H-pyrrole nitrogens is 1. The van der Waals surface area contributed by atoms with Crippen LogP contribution in [0.25, 0.3) is 10.9 Å². The van der Waals surface area contributed by atoms with Crippen molar-refractivity contribution in [2.24, 2.45) is 23.7 Å². The Balaban J connectivity index is 1.72. The third-order valence-corrected chi connectivity index (χ3v) is 11.4. The summed E-state index contributed by atoms with van der Waals surface area (Å²) in [5.74, 6) is -3.05. The number of carbonyl (C=O) groups is 3. The van der Waals surface area contributed by atoms with Crippen molar-refractivity contribution < 1.29 is 37.1 Å². The van der Waals surface area contributed by atoms with Gasteiger partial charge in [-0.2, -0.15) is 13.2 Å². The topological polar surface area (TPSA) is 111 Å². The number of fused-ring (bicyclic) bond motifs is 3. The Kier molecular flexibility index (Phi) is 14.2. The maximum Gasteiger partial charge on any atom is 0.418 e. The molecule has 1 aliphatic carbocycles. The normalized spacial score (nSPS) is 18.2. The Bertz CT molecular complexity index is 1740. The molecule has 7 nitrogen and oxygen atoms in total. The molecule has 0 aliphatic heterocycles. The molecule has 0 saturated heterocycles. The van der Waals surface area contributed by atoms with Crippen molar-refractivity contribution in [3.63, 3.8) is 0 Å². The van der Waals surface area contributed by atoms with Gasteiger partial charge >= 0.3 is 6.18 Å². The van der Waals surface area contributed by atoms with Gasteiger partial charge in [-0.1, -0.05) is 83.1 Å². The lowest BCUT2D eigenvalue weighted by molar-refractivity contribution is -0.137. The van der Waals surface area contributed by atoms with Crippen LogP contribution in [-0.2, 0) is 39.8 Å². The number of aromatic amines is 1. The van der Waals surface area contributed by atoms with Crippen LogP contribution >= 0.6 is 12.2 Å². The number of aliphatic hydroxyl groups is 1. The van der Waals surface area contributed by atoms with E-state index in [1.807, 2.05) is 27.7 Å². The van der Waals surface area contributed by atoms with Gasteiger partial charge in [0, 0.05) is 61.8 Å². The van der Waals surface area contributed by atoms with E-state index in [0.717, 1.165) is 12.5 Å². The van der Waals surface area contributed by atoms with Crippen LogP contribution in [0.5, 0.6) is 0 Å². The van der Waals surface area contributed by atoms with Gasteiger partial charge in [-0.3, -0.25) is 14.4 Å². The van der Waals surface area contributed by atoms with Crippen LogP contribution < -0.4 is 10.6 Å². The molecule has 1 aromatic heterocycles. The minimum absolute atomic E-state index is 0.00000644. The van der Waals surface area contributed by atoms with Crippen molar-refractivity contribution in [1.29, 1.82) is 0 Å². The summed E-state index contributed by atoms with van der Waals surface area (Å²) in [6.07, 6.45) is -2.06. The van der Waals surface area contributed by atoms with Gasteiger partial charge in [-0.25, -0.2) is 4.39 Å². The average Bonchev–Trinajstić information content (AvgIpc) is 3.48. The molecule has 4 N–H and O–H groups in total. The van der Waals surface area contributed by atoms with E-state index in [-0.39, 0.29) is 85.5 Å². The molecule has 0 saturated carbocycles. The van der Waals surface area contributed by atoms with Crippen LogP contribution in [-0.4, -0.2) is 51.2 Å². The highest BCUT2D eigenvalue weighted by molar-refractivity contribution is 7.80. The van der Waals surface area contributed by atoms with Gasteiger partial charge in [0.25, 0.3) is 0 Å². The zero-order chi connectivity index (χ0) is 38.2. The second kappa shape index (κ2) is 17.9. The molecule has 4 rings (SSSR count). The van der Waals surface area contributed by atoms with Crippen molar-refractivity contribution in [3.05, 3.63) is 70.7 Å². The van der Waals surface area contributed by atoms with E-state index in [0.29, 0.717) is 47.4 Å². The van der Waals surface area contributed by atoms with E-state index in [1.54, 1.807) is 12.1 Å². The minimum atomic E-state index is -4.60. The molecule has 5 atom stereocenters. The van der Waals surface area contributed by atoms with Gasteiger partial charge in [0.2, 0.25) is 5.91 Å². The van der Waals surface area contributed by atoms with Crippen molar-refractivity contribution in [2.45, 2.75) is 104 Å². The highest BCUT2D eigenvalue weighted by Gasteiger charge is 2.46. The Labute approximate surface area is 308 Å². The number of carbonyl (C=O) groups excluding carboxylic acids is 3. The van der Waals surface area contributed by atoms with Crippen molar-refractivity contribution in [1.82, 2.24) is 15.6 Å². The Morgan fingerprint density at radius 3 is 2.33 bits per heavy atom. The Morgan fingerprint density at radius 2 is 1.67 bits per heavy atom. The number of halogens is 4. The lowest BCUT2D eigenvalue weighted by atomic mass is 9.72. The first-order chi connectivity index (χ1) is 24.6. The summed E-state index contributed by atoms with van der Waals surface area (Å²) in [6.45, 7) is 8.33. The molecule has 0 fully saturated rings. The first-order valence-corrected chi connectivity index (χ1v) is 18.7. The maximum atomic E-state index is 14.8. The number of amides is 1. The summed E-state index contributed by atoms with van der Waals surface area (Å²) in [5, 5.41) is 15.9. The molecule has 1 heterocycles. The minimum Gasteiger partial charge on any atom is -0.396 e. The summed E-state index contributed by atoms with van der Waals surface area (Å²) in [7, 11) is 0. The summed E-state index contributed by atoms with van der Waals surface area (Å²) in [6, 6.07) is 9.94. The number of aliphatic hydroxyl groups excluding tert-OH is 1. The quantitative estimate of drug-likeness (QED) is 0.0600. The number of Topliss-reactive ketones (excluding diaryl/α,β-unsaturated/α-hetero) is 2.